The number of amides is 3. The van der Waals surface area contributed by atoms with E-state index in [0.29, 0.717) is 5.16 Å². The van der Waals surface area contributed by atoms with E-state index in [-0.39, 0.29) is 11.9 Å². The predicted molar refractivity (Wildman–Crippen MR) is 77.7 cm³/mol. The summed E-state index contributed by atoms with van der Waals surface area (Å²) in [4.78, 5) is 23.8. The Bertz CT molecular complexity index is 500. The zero-order valence-electron chi connectivity index (χ0n) is 12.2. The second-order valence-corrected chi connectivity index (χ2v) is 6.45. The van der Waals surface area contributed by atoms with Gasteiger partial charge in [-0.25, -0.2) is 9.48 Å². The van der Waals surface area contributed by atoms with Crippen LogP contribution in [0.15, 0.2) is 5.16 Å². The van der Waals surface area contributed by atoms with Gasteiger partial charge in [-0.3, -0.25) is 10.1 Å². The molecule has 1 aliphatic rings. The Labute approximate surface area is 127 Å². The second-order valence-electron chi connectivity index (χ2n) is 5.14. The van der Waals surface area contributed by atoms with E-state index in [9.17, 15) is 9.59 Å². The minimum absolute atomic E-state index is 0.178. The third kappa shape index (κ3) is 4.69. The molecule has 9 heteroatoms. The van der Waals surface area contributed by atoms with Gasteiger partial charge in [0, 0.05) is 13.1 Å². The highest BCUT2D eigenvalue weighted by atomic mass is 32.2. The van der Waals surface area contributed by atoms with Gasteiger partial charge in [0.2, 0.25) is 11.1 Å². The summed E-state index contributed by atoms with van der Waals surface area (Å²) in [6.45, 7) is 1.71. The zero-order valence-corrected chi connectivity index (χ0v) is 13.0. The molecule has 1 saturated carbocycles. The monoisotopic (exact) mass is 312 g/mol. The largest absolute Gasteiger partial charge is 0.335 e. The summed E-state index contributed by atoms with van der Waals surface area (Å²) >= 11 is 1.21. The van der Waals surface area contributed by atoms with Gasteiger partial charge in [0.1, 0.15) is 0 Å². The third-order valence-corrected chi connectivity index (χ3v) is 4.53. The number of carbonyl (C=O) groups is 2. The van der Waals surface area contributed by atoms with Crippen molar-refractivity contribution in [2.24, 2.45) is 7.05 Å². The van der Waals surface area contributed by atoms with Crippen LogP contribution in [-0.4, -0.2) is 43.4 Å². The molecule has 0 unspecified atom stereocenters. The average Bonchev–Trinajstić information content (AvgIpc) is 2.85. The lowest BCUT2D eigenvalue weighted by Crippen LogP contribution is -2.47. The fourth-order valence-electron chi connectivity index (χ4n) is 2.21. The van der Waals surface area contributed by atoms with E-state index in [1.54, 1.807) is 14.0 Å². The molecule has 3 amide bonds. The summed E-state index contributed by atoms with van der Waals surface area (Å²) in [5.41, 5.74) is 0. The number of hydrogen-bond donors (Lipinski definition) is 2. The van der Waals surface area contributed by atoms with Crippen LogP contribution in [0.3, 0.4) is 0 Å². The van der Waals surface area contributed by atoms with Crippen molar-refractivity contribution in [3.63, 3.8) is 0 Å². The molecule has 116 valence electrons. The molecule has 0 radical (unpaired) electrons. The number of rotatable bonds is 4. The molecule has 0 aliphatic heterocycles. The molecule has 1 aromatic heterocycles. The number of aryl methyl sites for hydroxylation is 1. The lowest BCUT2D eigenvalue weighted by molar-refractivity contribution is -0.119. The highest BCUT2D eigenvalue weighted by Crippen LogP contribution is 2.19. The van der Waals surface area contributed by atoms with Crippen LogP contribution in [-0.2, 0) is 11.8 Å². The van der Waals surface area contributed by atoms with Crippen LogP contribution in [0.25, 0.3) is 0 Å². The van der Waals surface area contributed by atoms with Crippen LogP contribution in [0, 0.1) is 0 Å². The molecule has 1 heterocycles. The summed E-state index contributed by atoms with van der Waals surface area (Å²) in [6, 6.07) is -0.243. The molecule has 1 aromatic rings. The van der Waals surface area contributed by atoms with Gasteiger partial charge in [-0.2, -0.15) is 0 Å². The van der Waals surface area contributed by atoms with Gasteiger partial charge in [0.05, 0.1) is 5.25 Å². The number of thioether (sulfide) groups is 1. The molecule has 0 spiro atoms. The Balaban J connectivity index is 1.77. The molecule has 8 nitrogen and oxygen atoms in total. The molecule has 0 bridgehead atoms. The molecule has 0 saturated heterocycles. The number of urea groups is 1. The number of nitrogens with one attached hydrogen (secondary N) is 2. The minimum atomic E-state index is -0.452. The Morgan fingerprint density at radius 2 is 2.05 bits per heavy atom. The summed E-state index contributed by atoms with van der Waals surface area (Å²) in [7, 11) is 1.70. The highest BCUT2D eigenvalue weighted by Gasteiger charge is 2.21. The van der Waals surface area contributed by atoms with Gasteiger partial charge < -0.3 is 5.32 Å². The van der Waals surface area contributed by atoms with E-state index in [1.165, 1.54) is 22.9 Å². The zero-order chi connectivity index (χ0) is 15.2. The van der Waals surface area contributed by atoms with Crippen molar-refractivity contribution in [3.05, 3.63) is 0 Å². The number of carbonyl (C=O) groups excluding carboxylic acids is 2. The Morgan fingerprint density at radius 3 is 2.67 bits per heavy atom. The number of hydrogen-bond acceptors (Lipinski definition) is 6. The normalized spacial score (nSPS) is 17.2. The van der Waals surface area contributed by atoms with E-state index in [4.69, 9.17) is 0 Å². The first-order valence-corrected chi connectivity index (χ1v) is 7.94. The molecule has 1 aliphatic carbocycles. The van der Waals surface area contributed by atoms with Crippen molar-refractivity contribution in [2.75, 3.05) is 0 Å². The van der Waals surface area contributed by atoms with Crippen molar-refractivity contribution < 1.29 is 9.59 Å². The fourth-order valence-corrected chi connectivity index (χ4v) is 2.97. The molecule has 1 atom stereocenters. The maximum atomic E-state index is 12.0. The summed E-state index contributed by atoms with van der Waals surface area (Å²) in [6.07, 6.45) is 5.44. The smallest absolute Gasteiger partial charge is 0.321 e. The quantitative estimate of drug-likeness (QED) is 0.799. The summed E-state index contributed by atoms with van der Waals surface area (Å²) in [5.74, 6) is -0.351. The van der Waals surface area contributed by atoms with Crippen molar-refractivity contribution in [1.29, 1.82) is 0 Å². The molecular weight excluding hydrogens is 292 g/mol. The number of aromatic nitrogens is 4. The predicted octanol–water partition coefficient (Wildman–Crippen LogP) is 0.849. The van der Waals surface area contributed by atoms with Crippen LogP contribution in [0.1, 0.15) is 39.0 Å². The molecule has 2 N–H and O–H groups in total. The number of tetrazole rings is 1. The molecule has 0 aromatic carbocycles. The van der Waals surface area contributed by atoms with Gasteiger partial charge in [0.25, 0.3) is 0 Å². The number of imide groups is 1. The van der Waals surface area contributed by atoms with Crippen LogP contribution < -0.4 is 10.6 Å². The van der Waals surface area contributed by atoms with E-state index < -0.39 is 11.3 Å². The summed E-state index contributed by atoms with van der Waals surface area (Å²) < 4.78 is 1.48. The maximum absolute atomic E-state index is 12.0. The minimum Gasteiger partial charge on any atom is -0.335 e. The Kier molecular flexibility index (Phi) is 5.54. The maximum Gasteiger partial charge on any atom is 0.321 e. The van der Waals surface area contributed by atoms with Crippen molar-refractivity contribution in [1.82, 2.24) is 30.8 Å². The molecule has 21 heavy (non-hydrogen) atoms. The van der Waals surface area contributed by atoms with Gasteiger partial charge in [-0.15, -0.1) is 5.10 Å². The molecular formula is C12H20N6O2S. The first-order chi connectivity index (χ1) is 10.1. The average molecular weight is 312 g/mol. The first-order valence-electron chi connectivity index (χ1n) is 7.06. The van der Waals surface area contributed by atoms with Crippen molar-refractivity contribution >= 4 is 23.7 Å². The van der Waals surface area contributed by atoms with E-state index in [1.807, 2.05) is 0 Å². The van der Waals surface area contributed by atoms with Gasteiger partial charge in [-0.05, 0) is 30.2 Å². The van der Waals surface area contributed by atoms with E-state index >= 15 is 0 Å². The lowest BCUT2D eigenvalue weighted by atomic mass is 9.96. The van der Waals surface area contributed by atoms with Crippen LogP contribution in [0.5, 0.6) is 0 Å². The van der Waals surface area contributed by atoms with Crippen LogP contribution in [0.4, 0.5) is 4.79 Å². The summed E-state index contributed by atoms with van der Waals surface area (Å²) in [5, 5.41) is 16.3. The second kappa shape index (κ2) is 7.39. The van der Waals surface area contributed by atoms with Crippen molar-refractivity contribution in [2.45, 2.75) is 55.5 Å². The van der Waals surface area contributed by atoms with Crippen LogP contribution >= 0.6 is 11.8 Å². The van der Waals surface area contributed by atoms with E-state index in [2.05, 4.69) is 26.2 Å². The molecule has 1 fully saturated rings. The molecule has 2 rings (SSSR count). The lowest BCUT2D eigenvalue weighted by Gasteiger charge is -2.22. The SMILES string of the molecule is C[C@@H](Sc1nnnn1C)C(=O)NC(=O)NC1CCCCC1. The van der Waals surface area contributed by atoms with Gasteiger partial charge in [0.15, 0.2) is 0 Å². The number of nitrogens with zero attached hydrogens (tertiary/aromatic N) is 4. The Hall–Kier alpha value is -1.64. The van der Waals surface area contributed by atoms with Gasteiger partial charge >= 0.3 is 6.03 Å². The van der Waals surface area contributed by atoms with Gasteiger partial charge in [-0.1, -0.05) is 31.0 Å². The van der Waals surface area contributed by atoms with E-state index in [0.717, 1.165) is 25.7 Å². The topological polar surface area (TPSA) is 102 Å². The van der Waals surface area contributed by atoms with Crippen LogP contribution in [0.2, 0.25) is 0 Å². The standard InChI is InChI=1S/C12H20N6O2S/c1-8(21-12-15-16-17-18(12)2)10(19)14-11(20)13-9-6-4-3-5-7-9/h8-9H,3-7H2,1-2H3,(H2,13,14,19,20)/t8-/m1/s1. The third-order valence-electron chi connectivity index (χ3n) is 3.41. The highest BCUT2D eigenvalue weighted by molar-refractivity contribution is 8.00. The van der Waals surface area contributed by atoms with Crippen molar-refractivity contribution in [3.8, 4) is 0 Å². The first kappa shape index (κ1) is 15.7. The Morgan fingerprint density at radius 1 is 1.33 bits per heavy atom. The fraction of sp³-hybridized carbons (Fsp3) is 0.750.